The molecule has 3 aliphatic rings. The van der Waals surface area contributed by atoms with Crippen molar-refractivity contribution in [2.45, 2.75) is 44.3 Å². The van der Waals surface area contributed by atoms with E-state index in [1.54, 1.807) is 5.56 Å². The van der Waals surface area contributed by atoms with Gasteiger partial charge in [-0.25, -0.2) is 0 Å². The predicted molar refractivity (Wildman–Crippen MR) is 83.3 cm³/mol. The molecule has 1 aromatic carbocycles. The lowest BCUT2D eigenvalue weighted by Gasteiger charge is -2.24. The first-order valence-electron chi connectivity index (χ1n) is 8.09. The molecule has 2 bridgehead atoms. The Morgan fingerprint density at radius 2 is 2.05 bits per heavy atom. The number of hydrogen-bond donors (Lipinski definition) is 1. The van der Waals surface area contributed by atoms with Crippen molar-refractivity contribution in [3.8, 4) is 0 Å². The second kappa shape index (κ2) is 5.05. The first-order valence-corrected chi connectivity index (χ1v) is 8.09. The van der Waals surface area contributed by atoms with E-state index in [2.05, 4.69) is 40.4 Å². The number of nitrogens with zero attached hydrogens (tertiary/aromatic N) is 2. The van der Waals surface area contributed by atoms with E-state index in [4.69, 9.17) is 0 Å². The Bertz CT molecular complexity index is 499. The number of likely N-dealkylation sites (tertiary alicyclic amines) is 1. The molecule has 3 heterocycles. The maximum absolute atomic E-state index is 3.77. The van der Waals surface area contributed by atoms with E-state index in [0.717, 1.165) is 18.6 Å². The topological polar surface area (TPSA) is 18.5 Å². The Balaban J connectivity index is 1.46. The van der Waals surface area contributed by atoms with Gasteiger partial charge in [-0.15, -0.1) is 0 Å². The highest BCUT2D eigenvalue weighted by molar-refractivity contribution is 5.58. The second-order valence-electron chi connectivity index (χ2n) is 6.80. The predicted octanol–water partition coefficient (Wildman–Crippen LogP) is 2.01. The minimum atomic E-state index is 0.739. The molecule has 2 fully saturated rings. The number of hydrogen-bond acceptors (Lipinski definition) is 3. The molecule has 0 spiro atoms. The van der Waals surface area contributed by atoms with Crippen molar-refractivity contribution >= 4 is 5.69 Å². The van der Waals surface area contributed by atoms with E-state index in [9.17, 15) is 0 Å². The zero-order valence-electron chi connectivity index (χ0n) is 12.4. The number of likely N-dealkylation sites (N-methyl/N-ethyl adjacent to an activating group) is 1. The van der Waals surface area contributed by atoms with Crippen molar-refractivity contribution < 1.29 is 0 Å². The lowest BCUT2D eigenvalue weighted by atomic mass is 10.1. The molecule has 20 heavy (non-hydrogen) atoms. The fraction of sp³-hybridized carbons (Fsp3) is 0.647. The molecule has 0 aliphatic carbocycles. The van der Waals surface area contributed by atoms with Crippen LogP contribution in [0.5, 0.6) is 0 Å². The van der Waals surface area contributed by atoms with Gasteiger partial charge in [-0.3, -0.25) is 4.90 Å². The van der Waals surface area contributed by atoms with Crippen molar-refractivity contribution in [3.05, 3.63) is 29.3 Å². The molecular weight excluding hydrogens is 246 g/mol. The van der Waals surface area contributed by atoms with Gasteiger partial charge in [0.25, 0.3) is 0 Å². The summed E-state index contributed by atoms with van der Waals surface area (Å²) in [6.45, 7) is 4.79. The van der Waals surface area contributed by atoms with E-state index < -0.39 is 0 Å². The van der Waals surface area contributed by atoms with Crippen LogP contribution in [0.3, 0.4) is 0 Å². The smallest absolute Gasteiger partial charge is 0.0397 e. The normalized spacial score (nSPS) is 29.6. The third-order valence-electron chi connectivity index (χ3n) is 5.29. The quantitative estimate of drug-likeness (QED) is 0.887. The van der Waals surface area contributed by atoms with Gasteiger partial charge in [-0.2, -0.15) is 0 Å². The largest absolute Gasteiger partial charge is 0.374 e. The average molecular weight is 271 g/mol. The van der Waals surface area contributed by atoms with E-state index in [1.165, 1.54) is 56.6 Å². The fourth-order valence-electron chi connectivity index (χ4n) is 4.14. The molecule has 1 aromatic rings. The van der Waals surface area contributed by atoms with Crippen LogP contribution in [-0.2, 0) is 13.0 Å². The van der Waals surface area contributed by atoms with Crippen LogP contribution in [0.4, 0.5) is 5.69 Å². The summed E-state index contributed by atoms with van der Waals surface area (Å²) in [5.74, 6) is 0. The minimum absolute atomic E-state index is 0.739. The van der Waals surface area contributed by atoms with Gasteiger partial charge >= 0.3 is 0 Å². The monoisotopic (exact) mass is 271 g/mol. The highest BCUT2D eigenvalue weighted by atomic mass is 15.2. The molecule has 0 amide bonds. The Hall–Kier alpha value is -1.06. The van der Waals surface area contributed by atoms with Gasteiger partial charge in [0, 0.05) is 51.0 Å². The molecule has 1 N–H and O–H groups in total. The molecule has 0 aromatic heterocycles. The summed E-state index contributed by atoms with van der Waals surface area (Å²) in [7, 11) is 2.20. The number of benzene rings is 1. The molecule has 4 rings (SSSR count). The van der Waals surface area contributed by atoms with Crippen LogP contribution in [0, 0.1) is 0 Å². The first-order chi connectivity index (χ1) is 9.78. The van der Waals surface area contributed by atoms with Crippen molar-refractivity contribution in [1.29, 1.82) is 0 Å². The maximum Gasteiger partial charge on any atom is 0.0397 e. The van der Waals surface area contributed by atoms with Gasteiger partial charge in [0.15, 0.2) is 0 Å². The highest BCUT2D eigenvalue weighted by Gasteiger charge is 2.29. The van der Waals surface area contributed by atoms with E-state index in [0.29, 0.717) is 0 Å². The minimum Gasteiger partial charge on any atom is -0.374 e. The summed E-state index contributed by atoms with van der Waals surface area (Å²) in [4.78, 5) is 5.02. The van der Waals surface area contributed by atoms with Crippen molar-refractivity contribution in [2.24, 2.45) is 0 Å². The van der Waals surface area contributed by atoms with Gasteiger partial charge in [-0.1, -0.05) is 12.1 Å². The van der Waals surface area contributed by atoms with E-state index >= 15 is 0 Å². The standard InChI is InChI=1S/C17H25N3/c1-19-8-6-14-10-13(2-5-17(14)19)11-20-9-7-15-3-4-16(12-20)18-15/h2,5,10,15-16,18H,3-4,6-9,11-12H2,1H3. The van der Waals surface area contributed by atoms with Crippen LogP contribution < -0.4 is 10.2 Å². The molecule has 3 heteroatoms. The summed E-state index contributed by atoms with van der Waals surface area (Å²) in [5.41, 5.74) is 4.47. The molecule has 0 saturated carbocycles. The summed E-state index contributed by atoms with van der Waals surface area (Å²) < 4.78 is 0. The number of nitrogens with one attached hydrogen (secondary N) is 1. The lowest BCUT2D eigenvalue weighted by molar-refractivity contribution is 0.251. The Kier molecular flexibility index (Phi) is 3.20. The van der Waals surface area contributed by atoms with Gasteiger partial charge in [0.1, 0.15) is 0 Å². The zero-order chi connectivity index (χ0) is 13.5. The van der Waals surface area contributed by atoms with Crippen molar-refractivity contribution in [1.82, 2.24) is 10.2 Å². The molecule has 2 saturated heterocycles. The third-order valence-corrected chi connectivity index (χ3v) is 5.29. The van der Waals surface area contributed by atoms with E-state index in [-0.39, 0.29) is 0 Å². The lowest BCUT2D eigenvalue weighted by Crippen LogP contribution is -2.34. The summed E-state index contributed by atoms with van der Waals surface area (Å²) >= 11 is 0. The van der Waals surface area contributed by atoms with Gasteiger partial charge in [-0.05, 0) is 42.9 Å². The number of fused-ring (bicyclic) bond motifs is 3. The van der Waals surface area contributed by atoms with Crippen LogP contribution in [0.15, 0.2) is 18.2 Å². The summed E-state index contributed by atoms with van der Waals surface area (Å²) in [6.07, 6.45) is 5.30. The molecule has 3 aliphatic heterocycles. The fourth-order valence-corrected chi connectivity index (χ4v) is 4.14. The molecular formula is C17H25N3. The summed E-state index contributed by atoms with van der Waals surface area (Å²) in [6, 6.07) is 8.62. The molecule has 108 valence electrons. The summed E-state index contributed by atoms with van der Waals surface area (Å²) in [5, 5.41) is 3.77. The number of rotatable bonds is 2. The first kappa shape index (κ1) is 12.7. The van der Waals surface area contributed by atoms with E-state index in [1.807, 2.05) is 0 Å². The highest BCUT2D eigenvalue weighted by Crippen LogP contribution is 2.28. The van der Waals surface area contributed by atoms with Gasteiger partial charge in [0.05, 0.1) is 0 Å². The Labute approximate surface area is 121 Å². The molecule has 3 nitrogen and oxygen atoms in total. The van der Waals surface area contributed by atoms with Crippen LogP contribution in [-0.4, -0.2) is 43.7 Å². The van der Waals surface area contributed by atoms with Crippen LogP contribution >= 0.6 is 0 Å². The second-order valence-corrected chi connectivity index (χ2v) is 6.80. The molecule has 0 radical (unpaired) electrons. The van der Waals surface area contributed by atoms with Crippen molar-refractivity contribution in [3.63, 3.8) is 0 Å². The average Bonchev–Trinajstić information content (AvgIpc) is 2.96. The van der Waals surface area contributed by atoms with Crippen molar-refractivity contribution in [2.75, 3.05) is 31.6 Å². The van der Waals surface area contributed by atoms with Gasteiger partial charge < -0.3 is 10.2 Å². The van der Waals surface area contributed by atoms with Gasteiger partial charge in [0.2, 0.25) is 0 Å². The molecule has 2 atom stereocenters. The molecule has 2 unspecified atom stereocenters. The Morgan fingerprint density at radius 1 is 1.15 bits per heavy atom. The van der Waals surface area contributed by atoms with Crippen LogP contribution in [0.25, 0.3) is 0 Å². The SMILES string of the molecule is CN1CCc2cc(CN3CCC4CCC(C3)N4)ccc21. The third kappa shape index (κ3) is 2.33. The van der Waals surface area contributed by atoms with Crippen LogP contribution in [0.2, 0.25) is 0 Å². The van der Waals surface area contributed by atoms with Crippen LogP contribution in [0.1, 0.15) is 30.4 Å². The Morgan fingerprint density at radius 3 is 3.00 bits per heavy atom. The number of anilines is 1. The maximum atomic E-state index is 3.77. The zero-order valence-corrected chi connectivity index (χ0v) is 12.4.